The maximum atomic E-state index is 12.5. The summed E-state index contributed by atoms with van der Waals surface area (Å²) in [5, 5.41) is 8.06. The van der Waals surface area contributed by atoms with Gasteiger partial charge in [0.05, 0.1) is 11.4 Å². The first-order chi connectivity index (χ1) is 17.7. The number of likely N-dealkylation sites (tertiary alicyclic amines) is 1. The number of thiazole rings is 1. The highest BCUT2D eigenvalue weighted by molar-refractivity contribution is 7.09. The molecule has 5 rings (SSSR count). The SMILES string of the molecule is CC(C)(C)OC(=O)N1CC[C@@H](Nc2cc(=O)[nH]c3ccc(C(c4ccc(Cl)cc4)c4nccs4)cc23)C1. The summed E-state index contributed by atoms with van der Waals surface area (Å²) in [6, 6.07) is 15.5. The van der Waals surface area contributed by atoms with Crippen molar-refractivity contribution < 1.29 is 9.53 Å². The maximum Gasteiger partial charge on any atom is 0.410 e. The van der Waals surface area contributed by atoms with Gasteiger partial charge in [0.25, 0.3) is 0 Å². The van der Waals surface area contributed by atoms with Gasteiger partial charge in [0.15, 0.2) is 0 Å². The highest BCUT2D eigenvalue weighted by Crippen LogP contribution is 2.36. The molecular weight excluding hydrogens is 508 g/mol. The van der Waals surface area contributed by atoms with E-state index >= 15 is 0 Å². The smallest absolute Gasteiger partial charge is 0.410 e. The number of hydrogen-bond donors (Lipinski definition) is 2. The quantitative estimate of drug-likeness (QED) is 0.315. The van der Waals surface area contributed by atoms with E-state index in [1.165, 1.54) is 0 Å². The zero-order valence-electron chi connectivity index (χ0n) is 21.0. The third kappa shape index (κ3) is 5.81. The van der Waals surface area contributed by atoms with E-state index in [-0.39, 0.29) is 23.6 Å². The number of anilines is 1. The lowest BCUT2D eigenvalue weighted by Gasteiger charge is -2.24. The van der Waals surface area contributed by atoms with Gasteiger partial charge in [-0.05, 0) is 62.6 Å². The summed E-state index contributed by atoms with van der Waals surface area (Å²) in [7, 11) is 0. The topological polar surface area (TPSA) is 87.3 Å². The molecule has 2 aromatic heterocycles. The number of amides is 1. The van der Waals surface area contributed by atoms with Crippen LogP contribution in [0.2, 0.25) is 5.02 Å². The van der Waals surface area contributed by atoms with Gasteiger partial charge in [0, 0.05) is 52.9 Å². The van der Waals surface area contributed by atoms with Crippen LogP contribution >= 0.6 is 22.9 Å². The van der Waals surface area contributed by atoms with Crippen molar-refractivity contribution in [1.29, 1.82) is 0 Å². The second kappa shape index (κ2) is 10.2. The number of H-pyrrole nitrogens is 1. The lowest BCUT2D eigenvalue weighted by molar-refractivity contribution is 0.0293. The molecule has 1 aliphatic heterocycles. The molecular formula is C28H29ClN4O3S. The van der Waals surface area contributed by atoms with E-state index in [1.807, 2.05) is 68.7 Å². The monoisotopic (exact) mass is 536 g/mol. The molecule has 0 radical (unpaired) electrons. The Hall–Kier alpha value is -3.36. The van der Waals surface area contributed by atoms with Crippen LogP contribution in [0, 0.1) is 0 Å². The Morgan fingerprint density at radius 1 is 1.19 bits per heavy atom. The zero-order chi connectivity index (χ0) is 26.2. The van der Waals surface area contributed by atoms with Crippen molar-refractivity contribution in [3.8, 4) is 0 Å². The van der Waals surface area contributed by atoms with Crippen LogP contribution in [0.15, 0.2) is 64.9 Å². The molecule has 2 atom stereocenters. The second-order valence-corrected chi connectivity index (χ2v) is 11.6. The first-order valence-corrected chi connectivity index (χ1v) is 13.5. The van der Waals surface area contributed by atoms with E-state index in [2.05, 4.69) is 21.4 Å². The molecule has 1 fully saturated rings. The van der Waals surface area contributed by atoms with Crippen LogP contribution in [-0.4, -0.2) is 45.7 Å². The second-order valence-electron chi connectivity index (χ2n) is 10.3. The van der Waals surface area contributed by atoms with Gasteiger partial charge in [0.1, 0.15) is 10.6 Å². The number of fused-ring (bicyclic) bond motifs is 1. The number of aromatic nitrogens is 2. The molecule has 1 saturated heterocycles. The molecule has 3 heterocycles. The van der Waals surface area contributed by atoms with Gasteiger partial charge in [-0.3, -0.25) is 4.79 Å². The van der Waals surface area contributed by atoms with Crippen LogP contribution in [0.3, 0.4) is 0 Å². The molecule has 9 heteroatoms. The number of nitrogens with zero attached hydrogens (tertiary/aromatic N) is 2. The zero-order valence-corrected chi connectivity index (χ0v) is 22.5. The minimum Gasteiger partial charge on any atom is -0.444 e. The predicted octanol–water partition coefficient (Wildman–Crippen LogP) is 6.24. The van der Waals surface area contributed by atoms with Gasteiger partial charge in [-0.25, -0.2) is 9.78 Å². The number of hydrogen-bond acceptors (Lipinski definition) is 6. The maximum absolute atomic E-state index is 12.5. The fourth-order valence-corrected chi connectivity index (χ4v) is 5.59. The third-order valence-electron chi connectivity index (χ3n) is 6.30. The largest absolute Gasteiger partial charge is 0.444 e. The minimum atomic E-state index is -0.542. The van der Waals surface area contributed by atoms with Gasteiger partial charge in [-0.15, -0.1) is 11.3 Å². The fourth-order valence-electron chi connectivity index (χ4n) is 4.67. The van der Waals surface area contributed by atoms with E-state index in [1.54, 1.807) is 22.3 Å². The number of pyridine rings is 1. The van der Waals surface area contributed by atoms with Crippen molar-refractivity contribution in [3.05, 3.63) is 91.6 Å². The van der Waals surface area contributed by atoms with E-state index in [0.717, 1.165) is 39.1 Å². The Balaban J connectivity index is 1.47. The lowest BCUT2D eigenvalue weighted by Crippen LogP contribution is -2.36. The molecule has 2 aromatic carbocycles. The van der Waals surface area contributed by atoms with E-state index in [9.17, 15) is 9.59 Å². The van der Waals surface area contributed by atoms with Gasteiger partial charge in [-0.2, -0.15) is 0 Å². The van der Waals surface area contributed by atoms with E-state index in [4.69, 9.17) is 16.3 Å². The van der Waals surface area contributed by atoms with Crippen LogP contribution in [0.1, 0.15) is 49.2 Å². The number of benzene rings is 2. The third-order valence-corrected chi connectivity index (χ3v) is 7.39. The number of rotatable bonds is 5. The number of aromatic amines is 1. The molecule has 0 bridgehead atoms. The van der Waals surface area contributed by atoms with Gasteiger partial charge in [-0.1, -0.05) is 29.8 Å². The first kappa shape index (κ1) is 25.3. The Labute approximate surface area is 224 Å². The molecule has 1 amide bonds. The van der Waals surface area contributed by atoms with Crippen LogP contribution in [0.4, 0.5) is 10.5 Å². The number of carbonyl (C=O) groups excluding carboxylic acids is 1. The number of nitrogens with one attached hydrogen (secondary N) is 2. The van der Waals surface area contributed by atoms with Crippen LogP contribution in [0.25, 0.3) is 10.9 Å². The Kier molecular flexibility index (Phi) is 6.96. The number of ether oxygens (including phenoxy) is 1. The van der Waals surface area contributed by atoms with Crippen LogP contribution in [0.5, 0.6) is 0 Å². The van der Waals surface area contributed by atoms with Crippen molar-refractivity contribution >= 4 is 45.6 Å². The van der Waals surface area contributed by atoms with Crippen LogP contribution in [-0.2, 0) is 4.74 Å². The molecule has 1 unspecified atom stereocenters. The molecule has 192 valence electrons. The first-order valence-electron chi connectivity index (χ1n) is 12.2. The molecule has 0 saturated carbocycles. The molecule has 2 N–H and O–H groups in total. The molecule has 1 aliphatic rings. The van der Waals surface area contributed by atoms with Crippen molar-refractivity contribution in [3.63, 3.8) is 0 Å². The molecule has 37 heavy (non-hydrogen) atoms. The van der Waals surface area contributed by atoms with Crippen molar-refractivity contribution in [2.45, 2.75) is 44.8 Å². The van der Waals surface area contributed by atoms with Gasteiger partial charge in [0.2, 0.25) is 5.56 Å². The number of carbonyl (C=O) groups is 1. The summed E-state index contributed by atoms with van der Waals surface area (Å²) < 4.78 is 5.53. The Morgan fingerprint density at radius 2 is 1.95 bits per heavy atom. The van der Waals surface area contributed by atoms with E-state index in [0.29, 0.717) is 18.1 Å². The number of halogens is 1. The van der Waals surface area contributed by atoms with Crippen molar-refractivity contribution in [2.75, 3.05) is 18.4 Å². The van der Waals surface area contributed by atoms with Gasteiger partial charge >= 0.3 is 6.09 Å². The molecule has 4 aromatic rings. The van der Waals surface area contributed by atoms with Crippen LogP contribution < -0.4 is 10.9 Å². The summed E-state index contributed by atoms with van der Waals surface area (Å²) in [6.07, 6.45) is 2.26. The Morgan fingerprint density at radius 3 is 2.65 bits per heavy atom. The van der Waals surface area contributed by atoms with Crippen molar-refractivity contribution in [1.82, 2.24) is 14.9 Å². The molecule has 0 aliphatic carbocycles. The molecule has 0 spiro atoms. The summed E-state index contributed by atoms with van der Waals surface area (Å²) in [5.74, 6) is -0.0735. The predicted molar refractivity (Wildman–Crippen MR) is 149 cm³/mol. The summed E-state index contributed by atoms with van der Waals surface area (Å²) in [6.45, 7) is 6.69. The summed E-state index contributed by atoms with van der Waals surface area (Å²) >= 11 is 7.76. The average Bonchev–Trinajstić information content (AvgIpc) is 3.52. The lowest BCUT2D eigenvalue weighted by atomic mass is 9.90. The fraction of sp³-hybridized carbons (Fsp3) is 0.321. The Bertz CT molecular complexity index is 1460. The standard InChI is InChI=1S/C28H29ClN4O3S/c1-28(2,3)36-27(35)33-12-10-20(16-33)31-23-15-24(34)32-22-9-6-18(14-21(22)23)25(26-30-11-13-37-26)17-4-7-19(29)8-5-17/h4-9,11,13-15,20,25H,10,12,16H2,1-3H3,(H2,31,32,34)/t20-,25?/m1/s1. The van der Waals surface area contributed by atoms with E-state index < -0.39 is 5.60 Å². The molecule has 7 nitrogen and oxygen atoms in total. The highest BCUT2D eigenvalue weighted by Gasteiger charge is 2.30. The normalized spacial score (nSPS) is 16.6. The highest BCUT2D eigenvalue weighted by atomic mass is 35.5. The minimum absolute atomic E-state index is 0.00667. The summed E-state index contributed by atoms with van der Waals surface area (Å²) in [4.78, 5) is 34.2. The van der Waals surface area contributed by atoms with Crippen molar-refractivity contribution in [2.24, 2.45) is 0 Å². The average molecular weight is 537 g/mol. The van der Waals surface area contributed by atoms with Gasteiger partial charge < -0.3 is 19.9 Å². The summed E-state index contributed by atoms with van der Waals surface area (Å²) in [5.41, 5.74) is 2.90.